The molecule has 0 aliphatic rings. The average molecular weight is 1280 g/mol. The number of unbranched alkanes of at least 4 members (excludes halogenated alkanes) is 40. The molecular formula is C68H132O17P2. The first-order valence-corrected chi connectivity index (χ1v) is 38.6. The predicted octanol–water partition coefficient (Wildman–Crippen LogP) is 19.4. The first-order chi connectivity index (χ1) is 42.0. The number of aliphatic hydroxyl groups is 1. The fraction of sp³-hybridized carbons (Fsp3) is 0.941. The molecule has 17 nitrogen and oxygen atoms in total. The van der Waals surface area contributed by atoms with Crippen LogP contribution in [-0.2, 0) is 65.4 Å². The second-order valence-corrected chi connectivity index (χ2v) is 27.9. The summed E-state index contributed by atoms with van der Waals surface area (Å²) in [5.74, 6) is -1.36. The summed E-state index contributed by atoms with van der Waals surface area (Å²) in [6.45, 7) is 7.20. The number of esters is 4. The molecule has 0 aliphatic heterocycles. The van der Waals surface area contributed by atoms with Gasteiger partial charge in [0.05, 0.1) is 26.4 Å². The van der Waals surface area contributed by atoms with Crippen LogP contribution in [0.3, 0.4) is 0 Å². The summed E-state index contributed by atoms with van der Waals surface area (Å²) in [4.78, 5) is 72.3. The smallest absolute Gasteiger partial charge is 0.462 e. The molecule has 0 aromatic carbocycles. The second-order valence-electron chi connectivity index (χ2n) is 25.0. The highest BCUT2D eigenvalue weighted by Crippen LogP contribution is 2.45. The molecule has 0 amide bonds. The second kappa shape index (κ2) is 61.6. The van der Waals surface area contributed by atoms with Crippen LogP contribution in [0.25, 0.3) is 0 Å². The van der Waals surface area contributed by atoms with Gasteiger partial charge in [0.15, 0.2) is 12.2 Å². The third-order valence-electron chi connectivity index (χ3n) is 15.8. The van der Waals surface area contributed by atoms with Crippen molar-refractivity contribution in [2.24, 2.45) is 5.92 Å². The number of phosphoric ester groups is 2. The zero-order valence-electron chi connectivity index (χ0n) is 56.2. The van der Waals surface area contributed by atoms with Crippen LogP contribution in [0.5, 0.6) is 0 Å². The van der Waals surface area contributed by atoms with Gasteiger partial charge in [-0.15, -0.1) is 0 Å². The van der Waals surface area contributed by atoms with Crippen LogP contribution in [0.1, 0.15) is 349 Å². The van der Waals surface area contributed by atoms with Gasteiger partial charge in [-0.2, -0.15) is 0 Å². The summed E-state index contributed by atoms with van der Waals surface area (Å²) >= 11 is 0. The largest absolute Gasteiger partial charge is 0.472 e. The molecule has 5 atom stereocenters. The molecule has 19 heteroatoms. The van der Waals surface area contributed by atoms with Gasteiger partial charge in [-0.25, -0.2) is 9.13 Å². The lowest BCUT2D eigenvalue weighted by Crippen LogP contribution is -2.30. The molecule has 516 valence electrons. The summed E-state index contributed by atoms with van der Waals surface area (Å²) in [6, 6.07) is 0. The molecule has 0 fully saturated rings. The summed E-state index contributed by atoms with van der Waals surface area (Å²) in [7, 11) is -9.89. The van der Waals surface area contributed by atoms with Crippen LogP contribution in [0.4, 0.5) is 0 Å². The van der Waals surface area contributed by atoms with Crippen molar-refractivity contribution >= 4 is 39.5 Å². The van der Waals surface area contributed by atoms with E-state index in [0.717, 1.165) is 102 Å². The molecular weight excluding hydrogens is 1150 g/mol. The van der Waals surface area contributed by atoms with Crippen LogP contribution in [0.15, 0.2) is 0 Å². The molecule has 0 spiro atoms. The average Bonchev–Trinajstić information content (AvgIpc) is 3.69. The molecule has 87 heavy (non-hydrogen) atoms. The minimum absolute atomic E-state index is 0.106. The van der Waals surface area contributed by atoms with E-state index < -0.39 is 97.5 Å². The van der Waals surface area contributed by atoms with Crippen molar-refractivity contribution in [3.8, 4) is 0 Å². The summed E-state index contributed by atoms with van der Waals surface area (Å²) in [5, 5.41) is 10.6. The van der Waals surface area contributed by atoms with Gasteiger partial charge in [0.2, 0.25) is 0 Å². The van der Waals surface area contributed by atoms with Gasteiger partial charge in [-0.05, 0) is 31.6 Å². The van der Waals surface area contributed by atoms with Gasteiger partial charge in [0, 0.05) is 25.7 Å². The quantitative estimate of drug-likeness (QED) is 0.0222. The first kappa shape index (κ1) is 85.1. The van der Waals surface area contributed by atoms with Crippen LogP contribution in [0.2, 0.25) is 0 Å². The van der Waals surface area contributed by atoms with Crippen molar-refractivity contribution in [1.82, 2.24) is 0 Å². The lowest BCUT2D eigenvalue weighted by molar-refractivity contribution is -0.161. The predicted molar refractivity (Wildman–Crippen MR) is 349 cm³/mol. The minimum atomic E-state index is -4.95. The van der Waals surface area contributed by atoms with Gasteiger partial charge >= 0.3 is 39.5 Å². The molecule has 0 aromatic rings. The topological polar surface area (TPSA) is 237 Å². The molecule has 0 bridgehead atoms. The Balaban J connectivity index is 5.20. The molecule has 0 saturated carbocycles. The lowest BCUT2D eigenvalue weighted by atomic mass is 10.0. The Morgan fingerprint density at radius 2 is 0.529 bits per heavy atom. The van der Waals surface area contributed by atoms with Gasteiger partial charge in [0.1, 0.15) is 19.3 Å². The van der Waals surface area contributed by atoms with Gasteiger partial charge in [-0.1, -0.05) is 298 Å². The zero-order chi connectivity index (χ0) is 64.2. The van der Waals surface area contributed by atoms with Crippen LogP contribution in [-0.4, -0.2) is 96.7 Å². The Morgan fingerprint density at radius 3 is 0.782 bits per heavy atom. The summed E-state index contributed by atoms with van der Waals surface area (Å²) in [5.41, 5.74) is 0. The van der Waals surface area contributed by atoms with Crippen molar-refractivity contribution < 1.29 is 80.2 Å². The van der Waals surface area contributed by atoms with E-state index in [1.165, 1.54) is 167 Å². The van der Waals surface area contributed by atoms with Crippen molar-refractivity contribution in [2.75, 3.05) is 39.6 Å². The number of carbonyl (C=O) groups excluding carboxylic acids is 4. The van der Waals surface area contributed by atoms with Crippen LogP contribution < -0.4 is 0 Å². The maximum atomic E-state index is 13.0. The maximum absolute atomic E-state index is 13.0. The van der Waals surface area contributed by atoms with E-state index in [-0.39, 0.29) is 25.7 Å². The van der Waals surface area contributed by atoms with E-state index >= 15 is 0 Å². The standard InChI is InChI=1S/C68H132O17P2/c1-6-9-12-15-18-21-22-23-24-25-26-29-34-39-44-49-54-68(73)85-64(58-79-66(71)52-47-42-37-33-30-27-28-32-35-40-45-50-61(4)5)60-83-87(76,77)81-56-62(69)55-80-86(74,75)82-59-63(57-78-65(70)51-46-41-36-20-17-14-11-8-3)84-67(72)53-48-43-38-31-19-16-13-10-7-2/h61-64,69H,6-60H2,1-5H3,(H,74,75)(H,76,77)/t62-,63+,64+/m0/s1. The molecule has 0 heterocycles. The molecule has 0 radical (unpaired) electrons. The number of phosphoric acid groups is 2. The van der Waals surface area contributed by atoms with Crippen LogP contribution >= 0.6 is 15.6 Å². The number of aliphatic hydroxyl groups excluding tert-OH is 1. The maximum Gasteiger partial charge on any atom is 0.472 e. The number of rotatable bonds is 68. The molecule has 3 N–H and O–H groups in total. The third kappa shape index (κ3) is 62.6. The van der Waals surface area contributed by atoms with Gasteiger partial charge in [-0.3, -0.25) is 37.3 Å². The van der Waals surface area contributed by atoms with Crippen molar-refractivity contribution in [3.63, 3.8) is 0 Å². The summed E-state index contributed by atoms with van der Waals surface area (Å²) < 4.78 is 68.1. The number of ether oxygens (including phenoxy) is 4. The summed E-state index contributed by atoms with van der Waals surface area (Å²) in [6.07, 6.45) is 47.2. The van der Waals surface area contributed by atoms with E-state index in [0.29, 0.717) is 25.7 Å². The van der Waals surface area contributed by atoms with Gasteiger partial charge in [0.25, 0.3) is 0 Å². The molecule has 0 aromatic heterocycles. The first-order valence-electron chi connectivity index (χ1n) is 35.6. The zero-order valence-corrected chi connectivity index (χ0v) is 57.9. The molecule has 0 saturated heterocycles. The molecule has 2 unspecified atom stereocenters. The van der Waals surface area contributed by atoms with Crippen LogP contribution in [0, 0.1) is 5.92 Å². The highest BCUT2D eigenvalue weighted by atomic mass is 31.2. The highest BCUT2D eigenvalue weighted by molar-refractivity contribution is 7.47. The fourth-order valence-corrected chi connectivity index (χ4v) is 11.9. The Kier molecular flexibility index (Phi) is 60.2. The third-order valence-corrected chi connectivity index (χ3v) is 17.7. The monoisotopic (exact) mass is 1280 g/mol. The molecule has 0 rings (SSSR count). The number of carbonyl (C=O) groups is 4. The Bertz CT molecular complexity index is 1690. The normalized spacial score (nSPS) is 14.1. The van der Waals surface area contributed by atoms with Crippen molar-refractivity contribution in [3.05, 3.63) is 0 Å². The number of hydrogen-bond acceptors (Lipinski definition) is 15. The Hall–Kier alpha value is -1.94. The van der Waals surface area contributed by atoms with Crippen molar-refractivity contribution in [2.45, 2.75) is 368 Å². The Labute approximate surface area is 530 Å². The van der Waals surface area contributed by atoms with Gasteiger partial charge < -0.3 is 33.8 Å². The molecule has 0 aliphatic carbocycles. The van der Waals surface area contributed by atoms with E-state index in [4.69, 9.17) is 37.0 Å². The fourth-order valence-electron chi connectivity index (χ4n) is 10.3. The Morgan fingerprint density at radius 1 is 0.310 bits per heavy atom. The SMILES string of the molecule is CCCCCCCCCCCCCCCCCCC(=O)O[C@H](COC(=O)CCCCCCCCCCCCCC(C)C)COP(=O)(O)OC[C@@H](O)COP(=O)(O)OC[C@@H](COC(=O)CCCCCCCCCC)OC(=O)CCCCCCCCCCC. The van der Waals surface area contributed by atoms with Crippen molar-refractivity contribution in [1.29, 1.82) is 0 Å². The van der Waals surface area contributed by atoms with E-state index in [2.05, 4.69) is 34.6 Å². The lowest BCUT2D eigenvalue weighted by Gasteiger charge is -2.21. The van der Waals surface area contributed by atoms with E-state index in [1.807, 2.05) is 0 Å². The minimum Gasteiger partial charge on any atom is -0.462 e. The number of hydrogen-bond donors (Lipinski definition) is 3. The highest BCUT2D eigenvalue weighted by Gasteiger charge is 2.30. The van der Waals surface area contributed by atoms with E-state index in [1.54, 1.807) is 0 Å². The van der Waals surface area contributed by atoms with E-state index in [9.17, 15) is 43.2 Å².